The van der Waals surface area contributed by atoms with Crippen molar-refractivity contribution in [2.45, 2.75) is 19.2 Å². The van der Waals surface area contributed by atoms with Gasteiger partial charge in [0, 0.05) is 10.0 Å². The van der Waals surface area contributed by atoms with Crippen molar-refractivity contribution in [3.8, 4) is 5.75 Å². The summed E-state index contributed by atoms with van der Waals surface area (Å²) in [5.74, 6) is 2.56. The summed E-state index contributed by atoms with van der Waals surface area (Å²) in [5, 5.41) is 0. The molecule has 0 unspecified atom stereocenters. The minimum atomic E-state index is 0.484. The van der Waals surface area contributed by atoms with Crippen LogP contribution in [0.3, 0.4) is 0 Å². The highest BCUT2D eigenvalue weighted by atomic mass is 79.9. The summed E-state index contributed by atoms with van der Waals surface area (Å²) in [6, 6.07) is 4.07. The first-order chi connectivity index (χ1) is 7.69. The number of thioether (sulfide) groups is 1. The first-order valence-electron chi connectivity index (χ1n) is 5.15. The number of ether oxygens (including phenoxy) is 1. The van der Waals surface area contributed by atoms with Gasteiger partial charge in [0.1, 0.15) is 5.75 Å². The molecule has 1 aromatic carbocycles. The lowest BCUT2D eigenvalue weighted by Gasteiger charge is -2.13. The number of alkyl halides is 1. The fourth-order valence-corrected chi connectivity index (χ4v) is 2.71. The molecule has 0 N–H and O–H groups in total. The van der Waals surface area contributed by atoms with Crippen molar-refractivity contribution < 1.29 is 4.74 Å². The van der Waals surface area contributed by atoms with Gasteiger partial charge in [0.05, 0.1) is 12.5 Å². The van der Waals surface area contributed by atoms with Crippen LogP contribution in [-0.2, 0) is 5.88 Å². The van der Waals surface area contributed by atoms with Crippen LogP contribution in [0.2, 0.25) is 0 Å². The molecule has 0 bridgehead atoms. The highest BCUT2D eigenvalue weighted by molar-refractivity contribution is 9.10. The molecule has 0 atom stereocenters. The monoisotopic (exact) mass is 322 g/mol. The number of aryl methyl sites for hydroxylation is 1. The first-order valence-corrected chi connectivity index (χ1v) is 7.88. The molecule has 0 aliphatic carbocycles. The second kappa shape index (κ2) is 7.46. The van der Waals surface area contributed by atoms with Crippen LogP contribution in [0.5, 0.6) is 5.75 Å². The minimum Gasteiger partial charge on any atom is -0.493 e. The third kappa shape index (κ3) is 4.19. The molecular weight excluding hydrogens is 308 g/mol. The van der Waals surface area contributed by atoms with E-state index < -0.39 is 0 Å². The predicted molar refractivity (Wildman–Crippen MR) is 76.9 cm³/mol. The maximum absolute atomic E-state index is 5.91. The van der Waals surface area contributed by atoms with Gasteiger partial charge in [-0.25, -0.2) is 0 Å². The number of hydrogen-bond acceptors (Lipinski definition) is 2. The molecule has 1 nitrogen and oxygen atoms in total. The number of rotatable bonds is 6. The highest BCUT2D eigenvalue weighted by Crippen LogP contribution is 2.29. The van der Waals surface area contributed by atoms with Crippen molar-refractivity contribution in [1.82, 2.24) is 0 Å². The topological polar surface area (TPSA) is 9.23 Å². The maximum atomic E-state index is 5.91. The van der Waals surface area contributed by atoms with E-state index in [1.165, 1.54) is 0 Å². The van der Waals surface area contributed by atoms with E-state index in [9.17, 15) is 0 Å². The SMILES string of the molecule is CSCCCOc1c(C)cc(Br)cc1CCl. The first kappa shape index (κ1) is 14.2. The van der Waals surface area contributed by atoms with Crippen LogP contribution in [0.25, 0.3) is 0 Å². The number of hydrogen-bond donors (Lipinski definition) is 0. The van der Waals surface area contributed by atoms with E-state index in [1.807, 2.05) is 24.8 Å². The van der Waals surface area contributed by atoms with Crippen LogP contribution in [0.1, 0.15) is 17.5 Å². The molecule has 0 saturated heterocycles. The Balaban J connectivity index is 2.70. The molecular formula is C12H16BrClOS. The molecule has 0 spiro atoms. The molecule has 0 aliphatic rings. The molecule has 0 heterocycles. The Labute approximate surface area is 115 Å². The molecule has 0 aromatic heterocycles. The van der Waals surface area contributed by atoms with Gasteiger partial charge >= 0.3 is 0 Å². The van der Waals surface area contributed by atoms with Crippen LogP contribution in [0, 0.1) is 6.92 Å². The van der Waals surface area contributed by atoms with Crippen LogP contribution in [0.15, 0.2) is 16.6 Å². The molecule has 0 saturated carbocycles. The molecule has 16 heavy (non-hydrogen) atoms. The summed E-state index contributed by atoms with van der Waals surface area (Å²) in [5.41, 5.74) is 2.19. The van der Waals surface area contributed by atoms with Gasteiger partial charge in [-0.2, -0.15) is 11.8 Å². The number of benzene rings is 1. The Kier molecular flexibility index (Phi) is 6.62. The van der Waals surface area contributed by atoms with Crippen molar-refractivity contribution in [3.05, 3.63) is 27.7 Å². The van der Waals surface area contributed by atoms with Crippen molar-refractivity contribution in [3.63, 3.8) is 0 Å². The summed E-state index contributed by atoms with van der Waals surface area (Å²) < 4.78 is 6.85. The second-order valence-corrected chi connectivity index (χ2v) is 5.71. The van der Waals surface area contributed by atoms with Crippen LogP contribution in [-0.4, -0.2) is 18.6 Å². The van der Waals surface area contributed by atoms with Gasteiger partial charge in [0.25, 0.3) is 0 Å². The zero-order valence-corrected chi connectivity index (χ0v) is 12.7. The third-order valence-corrected chi connectivity index (χ3v) is 3.64. The average Bonchev–Trinajstić information content (AvgIpc) is 2.26. The van der Waals surface area contributed by atoms with Crippen molar-refractivity contribution >= 4 is 39.3 Å². The van der Waals surface area contributed by atoms with E-state index in [1.54, 1.807) is 0 Å². The van der Waals surface area contributed by atoms with E-state index in [0.29, 0.717) is 5.88 Å². The Bertz CT molecular complexity index is 344. The third-order valence-electron chi connectivity index (χ3n) is 2.20. The smallest absolute Gasteiger partial charge is 0.126 e. The van der Waals surface area contributed by atoms with Crippen LogP contribution in [0.4, 0.5) is 0 Å². The maximum Gasteiger partial charge on any atom is 0.126 e. The molecule has 1 aromatic rings. The summed E-state index contributed by atoms with van der Waals surface area (Å²) in [7, 11) is 0. The minimum absolute atomic E-state index is 0.484. The lowest BCUT2D eigenvalue weighted by molar-refractivity contribution is 0.314. The molecule has 1 rings (SSSR count). The standard InChI is InChI=1S/C12H16BrClOS/c1-9-6-11(13)7-10(8-14)12(9)15-4-3-5-16-2/h6-7H,3-5,8H2,1-2H3. The van der Waals surface area contributed by atoms with Gasteiger partial charge in [-0.15, -0.1) is 11.6 Å². The summed E-state index contributed by atoms with van der Waals surface area (Å²) >= 11 is 11.2. The Hall–Kier alpha value is 0.140. The molecule has 0 fully saturated rings. The molecule has 0 aliphatic heterocycles. The van der Waals surface area contributed by atoms with E-state index in [2.05, 4.69) is 28.3 Å². The fourth-order valence-electron chi connectivity index (χ4n) is 1.48. The highest BCUT2D eigenvalue weighted by Gasteiger charge is 2.08. The van der Waals surface area contributed by atoms with Gasteiger partial charge in [-0.3, -0.25) is 0 Å². The van der Waals surface area contributed by atoms with Gasteiger partial charge in [-0.1, -0.05) is 15.9 Å². The van der Waals surface area contributed by atoms with Crippen molar-refractivity contribution in [1.29, 1.82) is 0 Å². The molecule has 0 amide bonds. The quantitative estimate of drug-likeness (QED) is 0.557. The zero-order chi connectivity index (χ0) is 12.0. The van der Waals surface area contributed by atoms with Gasteiger partial charge in [0.2, 0.25) is 0 Å². The van der Waals surface area contributed by atoms with E-state index in [0.717, 1.165) is 40.1 Å². The van der Waals surface area contributed by atoms with Crippen molar-refractivity contribution in [2.75, 3.05) is 18.6 Å². The second-order valence-electron chi connectivity index (χ2n) is 3.54. The largest absolute Gasteiger partial charge is 0.493 e. The van der Waals surface area contributed by atoms with Crippen LogP contribution >= 0.6 is 39.3 Å². The molecule has 0 radical (unpaired) electrons. The normalized spacial score (nSPS) is 10.5. The predicted octanol–water partition coefficient (Wildman–Crippen LogP) is 4.63. The number of halogens is 2. The Morgan fingerprint density at radius 2 is 2.19 bits per heavy atom. The van der Waals surface area contributed by atoms with E-state index in [-0.39, 0.29) is 0 Å². The summed E-state index contributed by atoms with van der Waals surface area (Å²) in [6.45, 7) is 2.80. The van der Waals surface area contributed by atoms with E-state index >= 15 is 0 Å². The van der Waals surface area contributed by atoms with Crippen molar-refractivity contribution in [2.24, 2.45) is 0 Å². The van der Waals surface area contributed by atoms with Gasteiger partial charge in [0.15, 0.2) is 0 Å². The lowest BCUT2D eigenvalue weighted by atomic mass is 10.1. The summed E-state index contributed by atoms with van der Waals surface area (Å²) in [6.07, 6.45) is 3.17. The lowest BCUT2D eigenvalue weighted by Crippen LogP contribution is -2.02. The molecule has 4 heteroatoms. The fraction of sp³-hybridized carbons (Fsp3) is 0.500. The van der Waals surface area contributed by atoms with E-state index in [4.69, 9.17) is 16.3 Å². The Morgan fingerprint density at radius 3 is 2.81 bits per heavy atom. The van der Waals surface area contributed by atoms with Gasteiger partial charge in [-0.05, 0) is 43.0 Å². The average molecular weight is 324 g/mol. The summed E-state index contributed by atoms with van der Waals surface area (Å²) in [4.78, 5) is 0. The van der Waals surface area contributed by atoms with Crippen LogP contribution < -0.4 is 4.74 Å². The zero-order valence-electron chi connectivity index (χ0n) is 9.56. The molecule has 90 valence electrons. The Morgan fingerprint density at radius 1 is 1.44 bits per heavy atom. The van der Waals surface area contributed by atoms with Gasteiger partial charge < -0.3 is 4.74 Å².